The molecule has 4 nitrogen and oxygen atoms in total. The van der Waals surface area contributed by atoms with E-state index in [2.05, 4.69) is 30.1 Å². The Morgan fingerprint density at radius 2 is 2.04 bits per heavy atom. The van der Waals surface area contributed by atoms with Crippen molar-refractivity contribution in [3.63, 3.8) is 0 Å². The highest BCUT2D eigenvalue weighted by Crippen LogP contribution is 2.41. The molecule has 1 aliphatic heterocycles. The number of thiol groups is 1. The summed E-state index contributed by atoms with van der Waals surface area (Å²) in [6, 6.07) is 11.3. The predicted molar refractivity (Wildman–Crippen MR) is 112 cm³/mol. The molecule has 0 fully saturated rings. The van der Waals surface area contributed by atoms with E-state index in [1.807, 2.05) is 37.3 Å². The Bertz CT molecular complexity index is 830. The maximum Gasteiger partial charge on any atom is 0.331 e. The first-order valence-corrected chi connectivity index (χ1v) is 9.60. The Labute approximate surface area is 169 Å². The number of fused-ring (bicyclic) bond motifs is 1. The number of nitrogens with zero attached hydrogens (tertiary/aromatic N) is 2. The highest BCUT2D eigenvalue weighted by molar-refractivity contribution is 7.82. The molecule has 0 saturated heterocycles. The van der Waals surface area contributed by atoms with Gasteiger partial charge in [0.15, 0.2) is 0 Å². The molecule has 3 rings (SSSR count). The average molecular weight is 410 g/mol. The Morgan fingerprint density at radius 3 is 2.77 bits per heavy atom. The second-order valence-corrected chi connectivity index (χ2v) is 7.65. The van der Waals surface area contributed by atoms with Crippen LogP contribution in [-0.4, -0.2) is 31.1 Å². The highest BCUT2D eigenvalue weighted by Gasteiger charge is 2.30. The van der Waals surface area contributed by atoms with E-state index in [4.69, 9.17) is 23.2 Å². The molecule has 2 amide bonds. The Morgan fingerprint density at radius 1 is 1.31 bits per heavy atom. The minimum atomic E-state index is -0.253. The second kappa shape index (κ2) is 8.09. The van der Waals surface area contributed by atoms with Crippen LogP contribution in [-0.2, 0) is 6.54 Å². The molecule has 1 aliphatic rings. The van der Waals surface area contributed by atoms with Gasteiger partial charge in [-0.3, -0.25) is 0 Å². The van der Waals surface area contributed by atoms with Crippen LogP contribution in [0.3, 0.4) is 0 Å². The van der Waals surface area contributed by atoms with Gasteiger partial charge in [0.1, 0.15) is 0 Å². The number of benzene rings is 2. The van der Waals surface area contributed by atoms with Gasteiger partial charge in [0.05, 0.1) is 5.69 Å². The quantitative estimate of drug-likeness (QED) is 0.703. The molecule has 1 unspecified atom stereocenters. The number of anilines is 1. The number of carbonyl (C=O) groups excluding carboxylic acids is 1. The molecule has 0 radical (unpaired) electrons. The van der Waals surface area contributed by atoms with Crippen LogP contribution in [0.4, 0.5) is 10.5 Å². The summed E-state index contributed by atoms with van der Waals surface area (Å²) < 4.78 is 1.36. The van der Waals surface area contributed by atoms with E-state index in [0.29, 0.717) is 16.6 Å². The fourth-order valence-corrected chi connectivity index (χ4v) is 4.24. The summed E-state index contributed by atoms with van der Waals surface area (Å²) in [7, 11) is 2.06. The summed E-state index contributed by atoms with van der Waals surface area (Å²) in [5.74, 6) is 0.0419. The van der Waals surface area contributed by atoms with Crippen molar-refractivity contribution in [2.24, 2.45) is 0 Å². The van der Waals surface area contributed by atoms with Crippen LogP contribution in [0.2, 0.25) is 10.0 Å². The van der Waals surface area contributed by atoms with E-state index in [-0.39, 0.29) is 11.9 Å². The van der Waals surface area contributed by atoms with Gasteiger partial charge >= 0.3 is 6.03 Å². The summed E-state index contributed by atoms with van der Waals surface area (Å²) in [5.41, 5.74) is 3.95. The lowest BCUT2D eigenvalue weighted by Gasteiger charge is -2.35. The maximum atomic E-state index is 12.3. The van der Waals surface area contributed by atoms with Crippen molar-refractivity contribution >= 4 is 47.7 Å². The number of halogens is 2. The van der Waals surface area contributed by atoms with E-state index in [0.717, 1.165) is 35.5 Å². The standard InChI is InChI=1S/C19H21Cl2N3OS/c1-3-22-19(25)24(26)18-7-5-4-6-13(18)15-10-23(2)11-16-14(15)8-12(20)9-17(16)21/h4-9,15,26H,3,10-11H2,1-2H3,(H,22,25). The summed E-state index contributed by atoms with van der Waals surface area (Å²) in [4.78, 5) is 14.5. The first-order chi connectivity index (χ1) is 12.4. The number of carbonyl (C=O) groups is 1. The van der Waals surface area contributed by atoms with Gasteiger partial charge in [-0.05, 0) is 48.9 Å². The molecule has 0 bridgehead atoms. The van der Waals surface area contributed by atoms with Gasteiger partial charge in [0.25, 0.3) is 0 Å². The smallest absolute Gasteiger partial charge is 0.331 e. The minimum absolute atomic E-state index is 0.0419. The first kappa shape index (κ1) is 19.4. The zero-order valence-corrected chi connectivity index (χ0v) is 17.1. The second-order valence-electron chi connectivity index (χ2n) is 6.41. The zero-order chi connectivity index (χ0) is 18.8. The zero-order valence-electron chi connectivity index (χ0n) is 14.7. The fourth-order valence-electron chi connectivity index (χ4n) is 3.42. The number of hydrogen-bond donors (Lipinski definition) is 2. The van der Waals surface area contributed by atoms with Gasteiger partial charge in [-0.25, -0.2) is 9.10 Å². The number of nitrogens with one attached hydrogen (secondary N) is 1. The molecule has 0 aliphatic carbocycles. The number of likely N-dealkylation sites (N-methyl/N-ethyl adjacent to an activating group) is 1. The van der Waals surface area contributed by atoms with Crippen molar-refractivity contribution in [2.75, 3.05) is 24.4 Å². The van der Waals surface area contributed by atoms with Crippen molar-refractivity contribution in [1.82, 2.24) is 10.2 Å². The van der Waals surface area contributed by atoms with Gasteiger partial charge in [-0.15, -0.1) is 0 Å². The lowest BCUT2D eigenvalue weighted by Crippen LogP contribution is -2.36. The molecule has 2 aromatic carbocycles. The fraction of sp³-hybridized carbons (Fsp3) is 0.316. The highest BCUT2D eigenvalue weighted by atomic mass is 35.5. The number of amides is 2. The van der Waals surface area contributed by atoms with Gasteiger partial charge in [0.2, 0.25) is 0 Å². The molecule has 0 saturated carbocycles. The van der Waals surface area contributed by atoms with Crippen LogP contribution in [0.1, 0.15) is 29.5 Å². The van der Waals surface area contributed by atoms with E-state index in [1.54, 1.807) is 6.07 Å². The molecule has 2 aromatic rings. The SMILES string of the molecule is CCNC(=O)N(S)c1ccccc1C1CN(C)Cc2c(Cl)cc(Cl)cc21. The molecule has 26 heavy (non-hydrogen) atoms. The third kappa shape index (κ3) is 3.81. The number of rotatable bonds is 3. The summed E-state index contributed by atoms with van der Waals surface area (Å²) in [6.07, 6.45) is 0. The van der Waals surface area contributed by atoms with Crippen LogP contribution in [0.5, 0.6) is 0 Å². The van der Waals surface area contributed by atoms with Crippen LogP contribution in [0.15, 0.2) is 36.4 Å². The third-order valence-corrected chi connectivity index (χ3v) is 5.51. The minimum Gasteiger partial charge on any atom is -0.337 e. The Balaban J connectivity index is 2.10. The van der Waals surface area contributed by atoms with Gasteiger partial charge in [-0.1, -0.05) is 54.2 Å². The van der Waals surface area contributed by atoms with Crippen molar-refractivity contribution in [3.8, 4) is 0 Å². The third-order valence-electron chi connectivity index (χ3n) is 4.55. The summed E-state index contributed by atoms with van der Waals surface area (Å²) >= 11 is 17.2. The molecule has 0 spiro atoms. The van der Waals surface area contributed by atoms with Crippen LogP contribution >= 0.6 is 36.0 Å². The van der Waals surface area contributed by atoms with E-state index in [1.165, 1.54) is 4.31 Å². The van der Waals surface area contributed by atoms with E-state index in [9.17, 15) is 4.79 Å². The number of para-hydroxylation sites is 1. The Hall–Kier alpha value is -1.40. The Kier molecular flexibility index (Phi) is 6.03. The number of urea groups is 1. The molecule has 0 aromatic heterocycles. The van der Waals surface area contributed by atoms with Gasteiger partial charge in [-0.2, -0.15) is 0 Å². The van der Waals surface area contributed by atoms with Crippen molar-refractivity contribution < 1.29 is 4.79 Å². The molecular weight excluding hydrogens is 389 g/mol. The summed E-state index contributed by atoms with van der Waals surface area (Å²) in [5, 5.41) is 4.07. The maximum absolute atomic E-state index is 12.3. The van der Waals surface area contributed by atoms with Gasteiger partial charge < -0.3 is 10.2 Å². The normalized spacial score (nSPS) is 16.9. The molecule has 1 atom stereocenters. The van der Waals surface area contributed by atoms with Crippen LogP contribution in [0.25, 0.3) is 0 Å². The average Bonchev–Trinajstić information content (AvgIpc) is 2.61. The largest absolute Gasteiger partial charge is 0.337 e. The monoisotopic (exact) mass is 409 g/mol. The molecule has 1 heterocycles. The topological polar surface area (TPSA) is 35.6 Å². The van der Waals surface area contributed by atoms with E-state index >= 15 is 0 Å². The molecule has 1 N–H and O–H groups in total. The summed E-state index contributed by atoms with van der Waals surface area (Å²) in [6.45, 7) is 3.99. The lowest BCUT2D eigenvalue weighted by atomic mass is 9.84. The molecular formula is C19H21Cl2N3OS. The van der Waals surface area contributed by atoms with E-state index < -0.39 is 0 Å². The predicted octanol–water partition coefficient (Wildman–Crippen LogP) is 4.95. The van der Waals surface area contributed by atoms with Crippen LogP contribution < -0.4 is 9.62 Å². The van der Waals surface area contributed by atoms with Crippen molar-refractivity contribution in [2.45, 2.75) is 19.4 Å². The number of hydrogen-bond acceptors (Lipinski definition) is 3. The molecule has 138 valence electrons. The first-order valence-electron chi connectivity index (χ1n) is 8.44. The van der Waals surface area contributed by atoms with Crippen LogP contribution in [0, 0.1) is 0 Å². The van der Waals surface area contributed by atoms with Crippen molar-refractivity contribution in [1.29, 1.82) is 0 Å². The van der Waals surface area contributed by atoms with Gasteiger partial charge in [0, 0.05) is 35.6 Å². The van der Waals surface area contributed by atoms with Crippen molar-refractivity contribution in [3.05, 3.63) is 63.1 Å². The lowest BCUT2D eigenvalue weighted by molar-refractivity contribution is 0.250. The molecule has 7 heteroatoms.